The zero-order valence-electron chi connectivity index (χ0n) is 14.3. The predicted molar refractivity (Wildman–Crippen MR) is 91.8 cm³/mol. The lowest BCUT2D eigenvalue weighted by Gasteiger charge is -2.27. The van der Waals surface area contributed by atoms with Gasteiger partial charge in [-0.15, -0.1) is 0 Å². The van der Waals surface area contributed by atoms with Crippen molar-refractivity contribution in [3.8, 4) is 5.75 Å². The number of carbonyl (C=O) groups excluding carboxylic acids is 1. The Labute approximate surface area is 150 Å². The normalized spacial score (nSPS) is 17.9. The number of nitrogens with one attached hydrogen (secondary N) is 1. The topological polar surface area (TPSA) is 38.3 Å². The highest BCUT2D eigenvalue weighted by molar-refractivity contribution is 5.81. The second-order valence-electron chi connectivity index (χ2n) is 6.43. The Balaban J connectivity index is 1.62. The summed E-state index contributed by atoms with van der Waals surface area (Å²) in [7, 11) is 0. The van der Waals surface area contributed by atoms with Crippen LogP contribution in [0, 0.1) is 0 Å². The molecule has 0 aromatic heterocycles. The van der Waals surface area contributed by atoms with E-state index in [9.17, 15) is 18.0 Å². The van der Waals surface area contributed by atoms with E-state index in [-0.39, 0.29) is 17.7 Å². The number of rotatable bonds is 4. The fraction of sp³-hybridized carbons (Fsp3) is 0.350. The monoisotopic (exact) mass is 363 g/mol. The molecule has 3 rings (SSSR count). The number of ether oxygens (including phenoxy) is 1. The molecule has 3 nitrogen and oxygen atoms in total. The number of hydrogen-bond donors (Lipinski definition) is 1. The Bertz CT molecular complexity index is 771. The number of alkyl halides is 3. The highest BCUT2D eigenvalue weighted by atomic mass is 19.4. The fourth-order valence-corrected chi connectivity index (χ4v) is 3.17. The number of amides is 1. The van der Waals surface area contributed by atoms with E-state index in [0.29, 0.717) is 0 Å². The molecule has 0 unspecified atom stereocenters. The molecule has 138 valence electrons. The molecule has 0 aliphatic heterocycles. The first-order valence-electron chi connectivity index (χ1n) is 8.56. The van der Waals surface area contributed by atoms with Gasteiger partial charge >= 0.3 is 6.18 Å². The molecule has 0 bridgehead atoms. The summed E-state index contributed by atoms with van der Waals surface area (Å²) in [5.41, 5.74) is 1.61. The van der Waals surface area contributed by atoms with Gasteiger partial charge in [0, 0.05) is 0 Å². The molecule has 0 spiro atoms. The van der Waals surface area contributed by atoms with Gasteiger partial charge in [0.05, 0.1) is 11.6 Å². The van der Waals surface area contributed by atoms with Gasteiger partial charge in [-0.05, 0) is 61.6 Å². The van der Waals surface area contributed by atoms with Crippen molar-refractivity contribution in [2.45, 2.75) is 44.5 Å². The maximum Gasteiger partial charge on any atom is 0.416 e. The average molecular weight is 363 g/mol. The maximum absolute atomic E-state index is 12.6. The summed E-state index contributed by atoms with van der Waals surface area (Å²) in [5, 5.41) is 2.99. The quantitative estimate of drug-likeness (QED) is 0.858. The van der Waals surface area contributed by atoms with Crippen LogP contribution in [-0.2, 0) is 17.4 Å². The molecule has 2 atom stereocenters. The van der Waals surface area contributed by atoms with E-state index in [0.717, 1.165) is 37.0 Å². The van der Waals surface area contributed by atoms with Crippen LogP contribution < -0.4 is 10.1 Å². The summed E-state index contributed by atoms with van der Waals surface area (Å²) in [6.07, 6.45) is -2.34. The van der Waals surface area contributed by atoms with Crippen molar-refractivity contribution in [2.75, 3.05) is 0 Å². The Morgan fingerprint density at radius 2 is 1.85 bits per heavy atom. The van der Waals surface area contributed by atoms with E-state index >= 15 is 0 Å². The first-order chi connectivity index (χ1) is 12.3. The largest absolute Gasteiger partial charge is 0.481 e. The molecule has 2 aromatic rings. The number of halogens is 3. The number of benzene rings is 2. The molecule has 1 amide bonds. The second-order valence-corrected chi connectivity index (χ2v) is 6.43. The van der Waals surface area contributed by atoms with Crippen LogP contribution in [0.25, 0.3) is 0 Å². The average Bonchev–Trinajstić information content (AvgIpc) is 2.61. The first-order valence-corrected chi connectivity index (χ1v) is 8.56. The van der Waals surface area contributed by atoms with E-state index in [1.165, 1.54) is 17.7 Å². The van der Waals surface area contributed by atoms with Crippen molar-refractivity contribution in [1.82, 2.24) is 5.32 Å². The van der Waals surface area contributed by atoms with Crippen molar-refractivity contribution in [2.24, 2.45) is 0 Å². The van der Waals surface area contributed by atoms with Gasteiger partial charge in [-0.25, -0.2) is 0 Å². The van der Waals surface area contributed by atoms with E-state index < -0.39 is 17.8 Å². The van der Waals surface area contributed by atoms with Crippen LogP contribution in [0.5, 0.6) is 5.75 Å². The van der Waals surface area contributed by atoms with Crippen molar-refractivity contribution in [3.63, 3.8) is 0 Å². The van der Waals surface area contributed by atoms with E-state index in [2.05, 4.69) is 11.4 Å². The van der Waals surface area contributed by atoms with Gasteiger partial charge in [0.2, 0.25) is 0 Å². The molecular weight excluding hydrogens is 343 g/mol. The molecule has 0 saturated heterocycles. The van der Waals surface area contributed by atoms with Crippen LogP contribution in [0.4, 0.5) is 13.2 Å². The lowest BCUT2D eigenvalue weighted by Crippen LogP contribution is -2.39. The summed E-state index contributed by atoms with van der Waals surface area (Å²) >= 11 is 0. The summed E-state index contributed by atoms with van der Waals surface area (Å²) in [6, 6.07) is 12.3. The third-order valence-corrected chi connectivity index (χ3v) is 4.55. The summed E-state index contributed by atoms with van der Waals surface area (Å²) < 4.78 is 43.3. The molecule has 2 aromatic carbocycles. The van der Waals surface area contributed by atoms with Crippen molar-refractivity contribution in [3.05, 3.63) is 65.2 Å². The number of hydrogen-bond acceptors (Lipinski definition) is 2. The number of fused-ring (bicyclic) bond motifs is 1. The Morgan fingerprint density at radius 1 is 1.15 bits per heavy atom. The minimum atomic E-state index is -4.39. The lowest BCUT2D eigenvalue weighted by atomic mass is 9.87. The standard InChI is InChI=1S/C20H20F3NO2/c1-13(26-16-11-9-15(10-12-16)20(21,22)23)19(25)24-18-8-4-6-14-5-2-3-7-17(14)18/h2-3,5,7,9-13,18H,4,6,8H2,1H3,(H,24,25)/t13-,18+/m1/s1. The van der Waals surface area contributed by atoms with Crippen LogP contribution in [0.15, 0.2) is 48.5 Å². The summed E-state index contributed by atoms with van der Waals surface area (Å²) in [5.74, 6) is -0.0590. The molecule has 1 aliphatic rings. The smallest absolute Gasteiger partial charge is 0.416 e. The van der Waals surface area contributed by atoms with Gasteiger partial charge in [-0.1, -0.05) is 24.3 Å². The molecular formula is C20H20F3NO2. The lowest BCUT2D eigenvalue weighted by molar-refractivity contribution is -0.137. The maximum atomic E-state index is 12.6. The van der Waals surface area contributed by atoms with Crippen LogP contribution in [0.2, 0.25) is 0 Å². The summed E-state index contributed by atoms with van der Waals surface area (Å²) in [6.45, 7) is 1.59. The number of aryl methyl sites for hydroxylation is 1. The van der Waals surface area contributed by atoms with Gasteiger partial charge in [-0.3, -0.25) is 4.79 Å². The molecule has 0 radical (unpaired) electrons. The molecule has 6 heteroatoms. The fourth-order valence-electron chi connectivity index (χ4n) is 3.17. The molecule has 0 heterocycles. The molecule has 0 saturated carbocycles. The Kier molecular flexibility index (Phi) is 5.20. The zero-order chi connectivity index (χ0) is 18.7. The highest BCUT2D eigenvalue weighted by Crippen LogP contribution is 2.31. The van der Waals surface area contributed by atoms with Crippen molar-refractivity contribution >= 4 is 5.91 Å². The van der Waals surface area contributed by atoms with Crippen molar-refractivity contribution in [1.29, 1.82) is 0 Å². The Morgan fingerprint density at radius 3 is 2.54 bits per heavy atom. The first kappa shape index (κ1) is 18.3. The highest BCUT2D eigenvalue weighted by Gasteiger charge is 2.30. The number of carbonyl (C=O) groups is 1. The van der Waals surface area contributed by atoms with Gasteiger partial charge in [-0.2, -0.15) is 13.2 Å². The third-order valence-electron chi connectivity index (χ3n) is 4.55. The van der Waals surface area contributed by atoms with Gasteiger partial charge in [0.25, 0.3) is 5.91 Å². The van der Waals surface area contributed by atoms with Gasteiger partial charge in [0.15, 0.2) is 6.10 Å². The van der Waals surface area contributed by atoms with Crippen LogP contribution in [0.3, 0.4) is 0 Å². The predicted octanol–water partition coefficient (Wildman–Crippen LogP) is 4.67. The molecule has 1 aliphatic carbocycles. The molecule has 1 N–H and O–H groups in total. The minimum absolute atomic E-state index is 0.0638. The molecule has 26 heavy (non-hydrogen) atoms. The van der Waals surface area contributed by atoms with E-state index in [4.69, 9.17) is 4.74 Å². The van der Waals surface area contributed by atoms with Gasteiger partial charge in [0.1, 0.15) is 5.75 Å². The van der Waals surface area contributed by atoms with E-state index in [1.807, 2.05) is 18.2 Å². The Hall–Kier alpha value is -2.50. The van der Waals surface area contributed by atoms with Crippen LogP contribution in [-0.4, -0.2) is 12.0 Å². The van der Waals surface area contributed by atoms with Crippen molar-refractivity contribution < 1.29 is 22.7 Å². The minimum Gasteiger partial charge on any atom is -0.481 e. The summed E-state index contributed by atoms with van der Waals surface area (Å²) in [4.78, 5) is 12.4. The van der Waals surface area contributed by atoms with Crippen LogP contribution in [0.1, 0.15) is 42.5 Å². The van der Waals surface area contributed by atoms with Crippen LogP contribution >= 0.6 is 0 Å². The van der Waals surface area contributed by atoms with Gasteiger partial charge < -0.3 is 10.1 Å². The SMILES string of the molecule is C[C@@H](Oc1ccc(C(F)(F)F)cc1)C(=O)N[C@H]1CCCc2ccccc21. The molecule has 0 fully saturated rings. The second kappa shape index (κ2) is 7.40. The van der Waals surface area contributed by atoms with E-state index in [1.54, 1.807) is 6.92 Å². The third kappa shape index (κ3) is 4.18. The zero-order valence-corrected chi connectivity index (χ0v) is 14.3.